The van der Waals surface area contributed by atoms with Crippen LogP contribution < -0.4 is 5.76 Å². The first kappa shape index (κ1) is 18.3. The third-order valence-electron chi connectivity index (χ3n) is 3.46. The highest BCUT2D eigenvalue weighted by atomic mass is 79.9. The second kappa shape index (κ2) is 7.16. The van der Waals surface area contributed by atoms with Crippen LogP contribution in [0.15, 0.2) is 64.4 Å². The van der Waals surface area contributed by atoms with Gasteiger partial charge in [-0.3, -0.25) is 0 Å². The van der Waals surface area contributed by atoms with Gasteiger partial charge in [0.05, 0.1) is 0 Å². The summed E-state index contributed by atoms with van der Waals surface area (Å²) < 4.78 is 41.3. The minimum Gasteiger partial charge on any atom is -0.444 e. The molecule has 0 unspecified atom stereocenters. The van der Waals surface area contributed by atoms with Gasteiger partial charge in [-0.25, -0.2) is 18.2 Å². The van der Waals surface area contributed by atoms with Gasteiger partial charge in [0.2, 0.25) is 15.7 Å². The van der Waals surface area contributed by atoms with Crippen molar-refractivity contribution in [1.29, 1.82) is 0 Å². The summed E-state index contributed by atoms with van der Waals surface area (Å²) >= 11 is 3.14. The van der Waals surface area contributed by atoms with Crippen molar-refractivity contribution in [2.45, 2.75) is 17.3 Å². The molecule has 4 aromatic rings. The average molecular weight is 468 g/mol. The van der Waals surface area contributed by atoms with Crippen molar-refractivity contribution in [3.8, 4) is 11.7 Å². The normalized spacial score (nSPS) is 11.8. The van der Waals surface area contributed by atoms with Crippen LogP contribution in [0.2, 0.25) is 0 Å². The summed E-state index contributed by atoms with van der Waals surface area (Å²) in [5.41, 5.74) is 0. The lowest BCUT2D eigenvalue weighted by atomic mass is 10.5. The SMILES string of the molecule is O=c1oc(-c2ccc(Br)o2)nn1Cc1nc(CS(=O)(=O)c2ccccn2)no1. The van der Waals surface area contributed by atoms with E-state index in [9.17, 15) is 13.2 Å². The second-order valence-electron chi connectivity index (χ2n) is 5.47. The van der Waals surface area contributed by atoms with Crippen molar-refractivity contribution in [2.24, 2.45) is 0 Å². The van der Waals surface area contributed by atoms with Crippen LogP contribution in [-0.2, 0) is 22.1 Å². The van der Waals surface area contributed by atoms with E-state index >= 15 is 0 Å². The van der Waals surface area contributed by atoms with Gasteiger partial charge in [-0.2, -0.15) is 9.67 Å². The fraction of sp³-hybridized carbons (Fsp3) is 0.133. The molecule has 0 radical (unpaired) electrons. The molecule has 0 aliphatic rings. The van der Waals surface area contributed by atoms with Crippen LogP contribution in [-0.4, -0.2) is 33.3 Å². The van der Waals surface area contributed by atoms with Gasteiger partial charge in [0, 0.05) is 6.20 Å². The summed E-state index contributed by atoms with van der Waals surface area (Å²) in [5.74, 6) is -1.08. The van der Waals surface area contributed by atoms with E-state index in [2.05, 4.69) is 36.2 Å². The molecular weight excluding hydrogens is 458 g/mol. The highest BCUT2D eigenvalue weighted by molar-refractivity contribution is 9.10. The van der Waals surface area contributed by atoms with Gasteiger partial charge in [-0.15, -0.1) is 5.10 Å². The van der Waals surface area contributed by atoms with E-state index < -0.39 is 21.3 Å². The van der Waals surface area contributed by atoms with Crippen molar-refractivity contribution in [1.82, 2.24) is 24.9 Å². The summed E-state index contributed by atoms with van der Waals surface area (Å²) in [6.45, 7) is -0.194. The maximum atomic E-state index is 12.3. The molecule has 0 bridgehead atoms. The van der Waals surface area contributed by atoms with Gasteiger partial charge in [0.1, 0.15) is 12.3 Å². The van der Waals surface area contributed by atoms with Crippen molar-refractivity contribution in [2.75, 3.05) is 0 Å². The molecule has 4 aromatic heterocycles. The van der Waals surface area contributed by atoms with Gasteiger partial charge in [-0.05, 0) is 40.2 Å². The van der Waals surface area contributed by atoms with Crippen LogP contribution in [0.5, 0.6) is 0 Å². The zero-order chi connectivity index (χ0) is 19.7. The van der Waals surface area contributed by atoms with Crippen LogP contribution in [0, 0.1) is 0 Å². The van der Waals surface area contributed by atoms with Gasteiger partial charge in [-0.1, -0.05) is 11.2 Å². The predicted molar refractivity (Wildman–Crippen MR) is 94.7 cm³/mol. The first-order valence-electron chi connectivity index (χ1n) is 7.69. The number of furan rings is 1. The molecule has 0 N–H and O–H groups in total. The van der Waals surface area contributed by atoms with Crippen LogP contribution in [0.25, 0.3) is 11.7 Å². The molecule has 4 rings (SSSR count). The lowest BCUT2D eigenvalue weighted by molar-refractivity contribution is 0.356. The molecule has 0 aliphatic heterocycles. The Morgan fingerprint density at radius 3 is 2.71 bits per heavy atom. The largest absolute Gasteiger partial charge is 0.444 e. The first-order chi connectivity index (χ1) is 13.4. The number of nitrogens with zero attached hydrogens (tertiary/aromatic N) is 5. The zero-order valence-corrected chi connectivity index (χ0v) is 16.3. The topological polar surface area (TPSA) is 147 Å². The molecule has 0 saturated heterocycles. The van der Waals surface area contributed by atoms with Gasteiger partial charge in [0.15, 0.2) is 21.3 Å². The number of pyridine rings is 1. The van der Waals surface area contributed by atoms with Crippen LogP contribution in [0.4, 0.5) is 0 Å². The monoisotopic (exact) mass is 467 g/mol. The lowest BCUT2D eigenvalue weighted by Gasteiger charge is -1.99. The summed E-state index contributed by atoms with van der Waals surface area (Å²) in [7, 11) is -3.73. The van der Waals surface area contributed by atoms with E-state index in [-0.39, 0.29) is 34.9 Å². The standard InChI is InChI=1S/C15H10BrN5O6S/c16-10-5-4-9(25-10)14-19-21(15(22)26-14)7-12-18-11(20-27-12)8-28(23,24)13-3-1-2-6-17-13/h1-6H,7-8H2. The predicted octanol–water partition coefficient (Wildman–Crippen LogP) is 1.66. The number of sulfone groups is 1. The van der Waals surface area contributed by atoms with E-state index in [1.165, 1.54) is 12.3 Å². The van der Waals surface area contributed by atoms with Gasteiger partial charge >= 0.3 is 5.76 Å². The number of halogens is 1. The number of aromatic nitrogens is 5. The Morgan fingerprint density at radius 2 is 2.00 bits per heavy atom. The Labute approximate surface area is 165 Å². The van der Waals surface area contributed by atoms with Crippen molar-refractivity contribution in [3.05, 3.63) is 63.5 Å². The van der Waals surface area contributed by atoms with Crippen LogP contribution in [0.3, 0.4) is 0 Å². The van der Waals surface area contributed by atoms with Crippen molar-refractivity contribution in [3.63, 3.8) is 0 Å². The van der Waals surface area contributed by atoms with Crippen molar-refractivity contribution >= 4 is 25.8 Å². The molecule has 0 fully saturated rings. The molecule has 144 valence electrons. The number of rotatable bonds is 6. The Morgan fingerprint density at radius 1 is 1.14 bits per heavy atom. The molecule has 0 amide bonds. The fourth-order valence-corrected chi connectivity index (χ4v) is 3.67. The van der Waals surface area contributed by atoms with Gasteiger partial charge < -0.3 is 13.4 Å². The molecule has 28 heavy (non-hydrogen) atoms. The quantitative estimate of drug-likeness (QED) is 0.409. The minimum absolute atomic E-state index is 0.00574. The molecular formula is C15H10BrN5O6S. The summed E-state index contributed by atoms with van der Waals surface area (Å²) in [6.07, 6.45) is 1.38. The first-order valence-corrected chi connectivity index (χ1v) is 10.1. The molecule has 0 saturated carbocycles. The lowest BCUT2D eigenvalue weighted by Crippen LogP contribution is -2.16. The van der Waals surface area contributed by atoms with E-state index in [4.69, 9.17) is 13.4 Å². The molecule has 11 nitrogen and oxygen atoms in total. The minimum atomic E-state index is -3.73. The smallest absolute Gasteiger partial charge is 0.437 e. The number of hydrogen-bond donors (Lipinski definition) is 0. The zero-order valence-electron chi connectivity index (χ0n) is 13.9. The Hall–Kier alpha value is -3.06. The van der Waals surface area contributed by atoms with Crippen molar-refractivity contribution < 1.29 is 21.8 Å². The third kappa shape index (κ3) is 3.80. The highest BCUT2D eigenvalue weighted by Gasteiger charge is 2.21. The summed E-state index contributed by atoms with van der Waals surface area (Å²) in [5, 5.41) is 7.52. The van der Waals surface area contributed by atoms with E-state index in [0.29, 0.717) is 4.67 Å². The Bertz CT molecular complexity index is 1270. The fourth-order valence-electron chi connectivity index (χ4n) is 2.25. The highest BCUT2D eigenvalue weighted by Crippen LogP contribution is 2.22. The average Bonchev–Trinajstić information content (AvgIpc) is 3.37. The molecule has 0 spiro atoms. The Balaban J connectivity index is 1.51. The Kier molecular flexibility index (Phi) is 4.68. The van der Waals surface area contributed by atoms with Crippen LogP contribution >= 0.6 is 15.9 Å². The van der Waals surface area contributed by atoms with Crippen LogP contribution in [0.1, 0.15) is 11.7 Å². The van der Waals surface area contributed by atoms with Gasteiger partial charge in [0.25, 0.3) is 5.89 Å². The summed E-state index contributed by atoms with van der Waals surface area (Å²) in [4.78, 5) is 19.7. The molecule has 0 aromatic carbocycles. The maximum Gasteiger partial charge on any atom is 0.437 e. The molecule has 13 heteroatoms. The van der Waals surface area contributed by atoms with E-state index in [1.807, 2.05) is 0 Å². The summed E-state index contributed by atoms with van der Waals surface area (Å²) in [6, 6.07) is 7.75. The maximum absolute atomic E-state index is 12.3. The molecule has 4 heterocycles. The molecule has 0 atom stereocenters. The van der Waals surface area contributed by atoms with E-state index in [1.54, 1.807) is 24.3 Å². The van der Waals surface area contributed by atoms with E-state index in [0.717, 1.165) is 4.68 Å². The molecule has 0 aliphatic carbocycles. The third-order valence-corrected chi connectivity index (χ3v) is 5.40. The second-order valence-corrected chi connectivity index (χ2v) is 8.18. The number of hydrogen-bond acceptors (Lipinski definition) is 10.